The second-order valence-corrected chi connectivity index (χ2v) is 10.8. The number of nitrogens with zero attached hydrogens (tertiary/aromatic N) is 2. The van der Waals surface area contributed by atoms with Gasteiger partial charge in [0, 0.05) is 34.1 Å². The van der Waals surface area contributed by atoms with Crippen LogP contribution >= 0.6 is 11.8 Å². The molecule has 0 radical (unpaired) electrons. The minimum absolute atomic E-state index is 0.00790. The molecular weight excluding hydrogens is 472 g/mol. The van der Waals surface area contributed by atoms with Crippen molar-refractivity contribution in [1.29, 1.82) is 0 Å². The van der Waals surface area contributed by atoms with Gasteiger partial charge in [0.15, 0.2) is 5.78 Å². The molecule has 7 heteroatoms. The number of fused-ring (bicyclic) bond motifs is 5. The average molecular weight is 501 g/mol. The predicted octanol–water partition coefficient (Wildman–Crippen LogP) is 6.14. The quantitative estimate of drug-likeness (QED) is 0.181. The second kappa shape index (κ2) is 9.13. The number of aryl methyl sites for hydroxylation is 2. The Morgan fingerprint density at radius 2 is 1.86 bits per heavy atom. The number of benzene rings is 3. The smallest absolute Gasteiger partial charge is 0.350 e. The molecule has 0 saturated heterocycles. The number of carbonyl (C=O) groups excluding carboxylic acids is 2. The molecule has 184 valence electrons. The number of ether oxygens (including phenoxy) is 1. The van der Waals surface area contributed by atoms with Gasteiger partial charge >= 0.3 is 5.97 Å². The van der Waals surface area contributed by atoms with E-state index in [2.05, 4.69) is 16.6 Å². The van der Waals surface area contributed by atoms with Gasteiger partial charge in [-0.3, -0.25) is 4.79 Å². The molecule has 5 rings (SSSR count). The minimum Gasteiger partial charge on any atom is -0.486 e. The zero-order chi connectivity index (χ0) is 25.6. The Labute approximate surface area is 214 Å². The van der Waals surface area contributed by atoms with Crippen LogP contribution in [0.2, 0.25) is 0 Å². The van der Waals surface area contributed by atoms with Gasteiger partial charge in [-0.15, -0.1) is 11.8 Å². The third-order valence-corrected chi connectivity index (χ3v) is 8.04. The van der Waals surface area contributed by atoms with Crippen molar-refractivity contribution in [2.45, 2.75) is 39.0 Å². The van der Waals surface area contributed by atoms with E-state index in [0.717, 1.165) is 39.5 Å². The molecular formula is C29H28N2O4S. The summed E-state index contributed by atoms with van der Waals surface area (Å²) in [7, 11) is 0. The molecule has 0 unspecified atom stereocenters. The molecule has 0 atom stereocenters. The second-order valence-electron chi connectivity index (χ2n) is 9.38. The maximum absolute atomic E-state index is 13.4. The fourth-order valence-corrected chi connectivity index (χ4v) is 4.79. The first kappa shape index (κ1) is 24.1. The van der Waals surface area contributed by atoms with Crippen molar-refractivity contribution in [3.63, 3.8) is 0 Å². The normalized spacial score (nSPS) is 14.3. The first-order valence-corrected chi connectivity index (χ1v) is 13.1. The van der Waals surface area contributed by atoms with Gasteiger partial charge in [-0.2, -0.15) is 0 Å². The lowest BCUT2D eigenvalue weighted by Gasteiger charge is -2.16. The van der Waals surface area contributed by atoms with E-state index in [4.69, 9.17) is 9.57 Å². The Morgan fingerprint density at radius 1 is 1.11 bits per heavy atom. The van der Waals surface area contributed by atoms with Crippen LogP contribution in [0.15, 0.2) is 59.8 Å². The van der Waals surface area contributed by atoms with Crippen LogP contribution in [-0.2, 0) is 16.2 Å². The summed E-state index contributed by atoms with van der Waals surface area (Å²) in [5.74, 6) is 0.287. The van der Waals surface area contributed by atoms with Crippen LogP contribution in [0.3, 0.4) is 0 Å². The standard InChI is InChI=1S/C29H28N2O4S/c1-6-31-23-13-11-18(26(32)19-10-8-7-9-17(19)2)15-21(23)25-24(31)14-12-20-22(16-34-27(20)25)30-35-28(33)29(3,4)36-5/h7-15H,6,16H2,1-5H3/b30-22+. The maximum Gasteiger partial charge on any atom is 0.350 e. The topological polar surface area (TPSA) is 69.9 Å². The minimum atomic E-state index is -0.690. The lowest BCUT2D eigenvalue weighted by molar-refractivity contribution is -0.145. The highest BCUT2D eigenvalue weighted by molar-refractivity contribution is 8.00. The monoisotopic (exact) mass is 500 g/mol. The Hall–Kier alpha value is -3.58. The fraction of sp³-hybridized carbons (Fsp3) is 0.276. The Balaban J connectivity index is 1.63. The van der Waals surface area contributed by atoms with Gasteiger partial charge in [-0.25, -0.2) is 4.79 Å². The van der Waals surface area contributed by atoms with E-state index >= 15 is 0 Å². The van der Waals surface area contributed by atoms with Crippen LogP contribution in [0, 0.1) is 6.92 Å². The van der Waals surface area contributed by atoms with E-state index in [9.17, 15) is 9.59 Å². The zero-order valence-electron chi connectivity index (χ0n) is 21.0. The van der Waals surface area contributed by atoms with Gasteiger partial charge in [-0.05, 0) is 69.8 Å². The number of hydrogen-bond donors (Lipinski definition) is 0. The van der Waals surface area contributed by atoms with Gasteiger partial charge in [0.1, 0.15) is 22.8 Å². The number of hydrogen-bond acceptors (Lipinski definition) is 6. The summed E-state index contributed by atoms with van der Waals surface area (Å²) in [5.41, 5.74) is 5.69. The van der Waals surface area contributed by atoms with E-state index in [1.54, 1.807) is 13.8 Å². The first-order valence-electron chi connectivity index (χ1n) is 11.9. The van der Waals surface area contributed by atoms with Crippen LogP contribution < -0.4 is 4.74 Å². The Kier molecular flexibility index (Phi) is 6.12. The lowest BCUT2D eigenvalue weighted by atomic mass is 9.97. The number of rotatable bonds is 6. The third kappa shape index (κ3) is 3.88. The van der Waals surface area contributed by atoms with Gasteiger partial charge in [0.05, 0.1) is 10.9 Å². The van der Waals surface area contributed by atoms with Gasteiger partial charge in [0.2, 0.25) is 0 Å². The molecule has 4 aromatic rings. The van der Waals surface area contributed by atoms with E-state index in [0.29, 0.717) is 22.6 Å². The molecule has 0 fully saturated rings. The van der Waals surface area contributed by atoms with Gasteiger partial charge < -0.3 is 14.1 Å². The van der Waals surface area contributed by atoms with Crippen LogP contribution in [0.4, 0.5) is 0 Å². The Morgan fingerprint density at radius 3 is 2.58 bits per heavy atom. The highest BCUT2D eigenvalue weighted by atomic mass is 32.2. The third-order valence-electron chi connectivity index (χ3n) is 6.86. The van der Waals surface area contributed by atoms with Crippen LogP contribution in [0.1, 0.15) is 47.8 Å². The van der Waals surface area contributed by atoms with E-state index in [1.807, 2.05) is 67.8 Å². The molecule has 2 heterocycles. The molecule has 0 spiro atoms. The first-order chi connectivity index (χ1) is 17.3. The van der Waals surface area contributed by atoms with E-state index < -0.39 is 10.7 Å². The summed E-state index contributed by atoms with van der Waals surface area (Å²) in [6, 6.07) is 17.5. The highest BCUT2D eigenvalue weighted by Crippen LogP contribution is 2.41. The van der Waals surface area contributed by atoms with Gasteiger partial charge in [0.25, 0.3) is 0 Å². The van der Waals surface area contributed by atoms with Crippen molar-refractivity contribution < 1.29 is 19.2 Å². The summed E-state index contributed by atoms with van der Waals surface area (Å²) in [6.45, 7) is 8.63. The summed E-state index contributed by atoms with van der Waals surface area (Å²) in [4.78, 5) is 31.0. The predicted molar refractivity (Wildman–Crippen MR) is 145 cm³/mol. The summed E-state index contributed by atoms with van der Waals surface area (Å²) in [5, 5.41) is 6.04. The molecule has 0 saturated carbocycles. The van der Waals surface area contributed by atoms with Crippen LogP contribution in [0.5, 0.6) is 5.75 Å². The van der Waals surface area contributed by atoms with Crippen molar-refractivity contribution >= 4 is 51.0 Å². The number of aromatic nitrogens is 1. The Bertz CT molecular complexity index is 1560. The van der Waals surface area contributed by atoms with E-state index in [1.165, 1.54) is 11.8 Å². The SMILES string of the molecule is CCn1c2ccc(C(=O)c3ccccc3C)cc2c2c3c(ccc21)/C(=N/OC(=O)C(C)(C)SC)CO3. The lowest BCUT2D eigenvalue weighted by Crippen LogP contribution is -2.28. The van der Waals surface area contributed by atoms with Crippen molar-refractivity contribution in [3.05, 3.63) is 76.9 Å². The zero-order valence-corrected chi connectivity index (χ0v) is 21.9. The number of thioether (sulfide) groups is 1. The fourth-order valence-electron chi connectivity index (χ4n) is 4.58. The van der Waals surface area contributed by atoms with Crippen molar-refractivity contribution in [2.24, 2.45) is 5.16 Å². The van der Waals surface area contributed by atoms with Crippen molar-refractivity contribution in [1.82, 2.24) is 4.57 Å². The largest absolute Gasteiger partial charge is 0.486 e. The van der Waals surface area contributed by atoms with Crippen LogP contribution in [-0.4, -0.2) is 39.6 Å². The number of carbonyl (C=O) groups is 2. The average Bonchev–Trinajstić information content (AvgIpc) is 3.44. The number of oxime groups is 1. The molecule has 0 N–H and O–H groups in total. The van der Waals surface area contributed by atoms with Crippen molar-refractivity contribution in [3.8, 4) is 5.75 Å². The highest BCUT2D eigenvalue weighted by Gasteiger charge is 2.31. The molecule has 0 bridgehead atoms. The number of ketones is 1. The molecule has 0 aliphatic carbocycles. The molecule has 1 aliphatic rings. The molecule has 6 nitrogen and oxygen atoms in total. The van der Waals surface area contributed by atoms with E-state index in [-0.39, 0.29) is 12.4 Å². The summed E-state index contributed by atoms with van der Waals surface area (Å²) >= 11 is 1.41. The molecule has 0 amide bonds. The molecule has 1 aliphatic heterocycles. The van der Waals surface area contributed by atoms with Crippen LogP contribution in [0.25, 0.3) is 21.8 Å². The molecule has 1 aromatic heterocycles. The summed E-state index contributed by atoms with van der Waals surface area (Å²) in [6.07, 6.45) is 1.86. The van der Waals surface area contributed by atoms with Crippen molar-refractivity contribution in [2.75, 3.05) is 12.9 Å². The molecule has 3 aromatic carbocycles. The van der Waals surface area contributed by atoms with Gasteiger partial charge in [-0.1, -0.05) is 29.4 Å². The maximum atomic E-state index is 13.4. The molecule has 36 heavy (non-hydrogen) atoms. The summed E-state index contributed by atoms with van der Waals surface area (Å²) < 4.78 is 7.64.